The van der Waals surface area contributed by atoms with Gasteiger partial charge in [-0.3, -0.25) is 9.69 Å². The Morgan fingerprint density at radius 2 is 1.65 bits per heavy atom. The Morgan fingerprint density at radius 3 is 2.33 bits per heavy atom. The van der Waals surface area contributed by atoms with Crippen LogP contribution in [0, 0.1) is 6.92 Å². The van der Waals surface area contributed by atoms with Gasteiger partial charge in [-0.1, -0.05) is 60.7 Å². The molecule has 0 saturated heterocycles. The molecular weight excluding hydrogens is 500 g/mol. The fourth-order valence-electron chi connectivity index (χ4n) is 5.09. The molecule has 0 aliphatic carbocycles. The number of tetrazole rings is 1. The van der Waals surface area contributed by atoms with E-state index in [-0.39, 0.29) is 5.56 Å². The lowest BCUT2D eigenvalue weighted by molar-refractivity contribution is 0.184. The summed E-state index contributed by atoms with van der Waals surface area (Å²) < 4.78 is 7.49. The lowest BCUT2D eigenvalue weighted by Crippen LogP contribution is -2.37. The van der Waals surface area contributed by atoms with Gasteiger partial charge in [0.25, 0.3) is 5.56 Å². The molecule has 1 unspecified atom stereocenters. The maximum absolute atomic E-state index is 13.8. The highest BCUT2D eigenvalue weighted by Gasteiger charge is 2.33. The Bertz CT molecular complexity index is 1630. The van der Waals surface area contributed by atoms with Gasteiger partial charge in [0.15, 0.2) is 5.82 Å². The van der Waals surface area contributed by atoms with Crippen molar-refractivity contribution in [2.75, 3.05) is 6.61 Å². The highest BCUT2D eigenvalue weighted by molar-refractivity contribution is 5.82. The van der Waals surface area contributed by atoms with Crippen LogP contribution in [0.5, 0.6) is 5.75 Å². The average molecular weight is 537 g/mol. The number of nitrogens with one attached hydrogen (secondary N) is 1. The zero-order valence-corrected chi connectivity index (χ0v) is 23.8. The smallest absolute Gasteiger partial charge is 0.253 e. The number of pyridine rings is 1. The van der Waals surface area contributed by atoms with E-state index in [0.717, 1.165) is 33.3 Å². The van der Waals surface area contributed by atoms with Gasteiger partial charge in [-0.25, -0.2) is 4.68 Å². The monoisotopic (exact) mass is 536 g/mol. The Balaban J connectivity index is 1.70. The molecular formula is C32H36N6O2. The Morgan fingerprint density at radius 1 is 0.950 bits per heavy atom. The van der Waals surface area contributed by atoms with E-state index in [9.17, 15) is 4.79 Å². The molecule has 2 heterocycles. The van der Waals surface area contributed by atoms with Gasteiger partial charge in [0.05, 0.1) is 17.7 Å². The summed E-state index contributed by atoms with van der Waals surface area (Å²) in [6, 6.07) is 25.9. The van der Waals surface area contributed by atoms with Crippen LogP contribution in [-0.2, 0) is 18.6 Å². The first kappa shape index (κ1) is 27.3. The van der Waals surface area contributed by atoms with Crippen molar-refractivity contribution >= 4 is 10.9 Å². The minimum atomic E-state index is -0.519. The van der Waals surface area contributed by atoms with Crippen LogP contribution in [0.1, 0.15) is 61.8 Å². The molecule has 0 radical (unpaired) electrons. The molecule has 0 spiro atoms. The van der Waals surface area contributed by atoms with Crippen LogP contribution in [0.4, 0.5) is 0 Å². The third-order valence-corrected chi connectivity index (χ3v) is 7.00. The molecule has 0 aliphatic rings. The molecule has 0 aliphatic heterocycles. The third-order valence-electron chi connectivity index (χ3n) is 7.00. The van der Waals surface area contributed by atoms with Gasteiger partial charge >= 0.3 is 0 Å². The van der Waals surface area contributed by atoms with Crippen LogP contribution in [0.2, 0.25) is 0 Å². The fourth-order valence-corrected chi connectivity index (χ4v) is 5.09. The molecule has 40 heavy (non-hydrogen) atoms. The zero-order chi connectivity index (χ0) is 28.3. The van der Waals surface area contributed by atoms with Crippen molar-refractivity contribution in [3.8, 4) is 5.75 Å². The van der Waals surface area contributed by atoms with Crippen LogP contribution >= 0.6 is 0 Å². The van der Waals surface area contributed by atoms with Crippen molar-refractivity contribution in [2.45, 2.75) is 59.3 Å². The summed E-state index contributed by atoms with van der Waals surface area (Å²) in [5, 5.41) is 13.9. The minimum absolute atomic E-state index is 0.153. The van der Waals surface area contributed by atoms with E-state index in [4.69, 9.17) is 4.74 Å². The second-order valence-electron chi connectivity index (χ2n) is 11.1. The SMILES string of the molecule is CCOc1ccc(CN(Cc2ccccc2)C(c2cc3cccc(C)c3[nH]c2=O)c2nnnn2C(C)(C)C)cc1. The summed E-state index contributed by atoms with van der Waals surface area (Å²) in [4.78, 5) is 19.3. The first-order valence-electron chi connectivity index (χ1n) is 13.7. The van der Waals surface area contributed by atoms with Gasteiger partial charge in [-0.15, -0.1) is 5.10 Å². The van der Waals surface area contributed by atoms with Crippen LogP contribution in [0.15, 0.2) is 83.7 Å². The minimum Gasteiger partial charge on any atom is -0.494 e. The predicted molar refractivity (Wildman–Crippen MR) is 157 cm³/mol. The highest BCUT2D eigenvalue weighted by atomic mass is 16.5. The van der Waals surface area contributed by atoms with Crippen molar-refractivity contribution < 1.29 is 4.74 Å². The van der Waals surface area contributed by atoms with Crippen molar-refractivity contribution in [2.24, 2.45) is 0 Å². The number of para-hydroxylation sites is 1. The number of ether oxygens (including phenoxy) is 1. The van der Waals surface area contributed by atoms with Gasteiger partial charge in [0.2, 0.25) is 0 Å². The van der Waals surface area contributed by atoms with E-state index in [1.165, 1.54) is 0 Å². The van der Waals surface area contributed by atoms with Crippen LogP contribution in [-0.4, -0.2) is 36.7 Å². The molecule has 5 rings (SSSR count). The third kappa shape index (κ3) is 5.82. The first-order valence-corrected chi connectivity index (χ1v) is 13.7. The van der Waals surface area contributed by atoms with E-state index in [2.05, 4.69) is 70.4 Å². The molecule has 206 valence electrons. The Hall–Kier alpha value is -4.30. The molecule has 1 atom stereocenters. The number of rotatable bonds is 9. The van der Waals surface area contributed by atoms with Crippen LogP contribution in [0.3, 0.4) is 0 Å². The zero-order valence-electron chi connectivity index (χ0n) is 23.8. The molecule has 8 heteroatoms. The number of aryl methyl sites for hydroxylation is 1. The van der Waals surface area contributed by atoms with E-state index < -0.39 is 11.6 Å². The normalized spacial score (nSPS) is 12.7. The lowest BCUT2D eigenvalue weighted by Gasteiger charge is -2.33. The number of nitrogens with zero attached hydrogens (tertiary/aromatic N) is 5. The van der Waals surface area contributed by atoms with Crippen molar-refractivity contribution in [1.82, 2.24) is 30.1 Å². The quantitative estimate of drug-likeness (QED) is 0.257. The summed E-state index contributed by atoms with van der Waals surface area (Å²) >= 11 is 0. The Kier molecular flexibility index (Phi) is 7.80. The number of hydrogen-bond acceptors (Lipinski definition) is 6. The molecule has 8 nitrogen and oxygen atoms in total. The molecule has 2 aromatic heterocycles. The van der Waals surface area contributed by atoms with E-state index in [0.29, 0.717) is 31.1 Å². The second kappa shape index (κ2) is 11.4. The number of hydrogen-bond donors (Lipinski definition) is 1. The molecule has 0 fully saturated rings. The van der Waals surface area contributed by atoms with E-state index >= 15 is 0 Å². The standard InChI is InChI=1S/C32H36N6O2/c1-6-40-26-17-15-24(16-18-26)21-37(20-23-12-8-7-9-13-23)29(30-34-35-36-38(30)32(3,4)5)27-19-25-14-10-11-22(2)28(25)33-31(27)39/h7-19,29H,6,20-21H2,1-5H3,(H,33,39). The van der Waals surface area contributed by atoms with Crippen molar-refractivity contribution in [1.29, 1.82) is 0 Å². The summed E-state index contributed by atoms with van der Waals surface area (Å²) in [6.07, 6.45) is 0. The summed E-state index contributed by atoms with van der Waals surface area (Å²) in [6.45, 7) is 11.9. The number of aromatic nitrogens is 5. The fraction of sp³-hybridized carbons (Fsp3) is 0.312. The summed E-state index contributed by atoms with van der Waals surface area (Å²) in [5.74, 6) is 1.45. The highest BCUT2D eigenvalue weighted by Crippen LogP contribution is 2.32. The largest absolute Gasteiger partial charge is 0.494 e. The maximum atomic E-state index is 13.8. The van der Waals surface area contributed by atoms with Gasteiger partial charge < -0.3 is 9.72 Å². The van der Waals surface area contributed by atoms with E-state index in [1.54, 1.807) is 0 Å². The van der Waals surface area contributed by atoms with Crippen molar-refractivity contribution in [3.63, 3.8) is 0 Å². The van der Waals surface area contributed by atoms with Gasteiger partial charge in [-0.2, -0.15) is 0 Å². The average Bonchev–Trinajstić information content (AvgIpc) is 3.42. The molecule has 5 aromatic rings. The van der Waals surface area contributed by atoms with Gasteiger partial charge in [0, 0.05) is 18.7 Å². The maximum Gasteiger partial charge on any atom is 0.253 e. The lowest BCUT2D eigenvalue weighted by atomic mass is 9.99. The number of benzene rings is 3. The van der Waals surface area contributed by atoms with Gasteiger partial charge in [0.1, 0.15) is 11.8 Å². The predicted octanol–water partition coefficient (Wildman–Crippen LogP) is 5.77. The Labute approximate surface area is 234 Å². The first-order chi connectivity index (χ1) is 19.2. The summed E-state index contributed by atoms with van der Waals surface area (Å²) in [5.41, 5.74) is 4.13. The number of aromatic amines is 1. The van der Waals surface area contributed by atoms with Crippen molar-refractivity contribution in [3.05, 3.63) is 117 Å². The second-order valence-corrected chi connectivity index (χ2v) is 11.1. The van der Waals surface area contributed by atoms with E-state index in [1.807, 2.05) is 73.1 Å². The molecule has 3 aromatic carbocycles. The number of fused-ring (bicyclic) bond motifs is 1. The van der Waals surface area contributed by atoms with Crippen LogP contribution < -0.4 is 10.3 Å². The molecule has 0 amide bonds. The topological polar surface area (TPSA) is 88.9 Å². The summed E-state index contributed by atoms with van der Waals surface area (Å²) in [7, 11) is 0. The number of H-pyrrole nitrogens is 1. The molecule has 1 N–H and O–H groups in total. The van der Waals surface area contributed by atoms with Crippen LogP contribution in [0.25, 0.3) is 10.9 Å². The molecule has 0 bridgehead atoms. The van der Waals surface area contributed by atoms with Gasteiger partial charge in [-0.05, 0) is 85.3 Å². The molecule has 0 saturated carbocycles.